The largest absolute Gasteiger partial charge is 0.490 e. The third kappa shape index (κ3) is 5.74. The van der Waals surface area contributed by atoms with Crippen LogP contribution < -0.4 is 14.8 Å². The summed E-state index contributed by atoms with van der Waals surface area (Å²) in [4.78, 5) is 31.2. The number of benzene rings is 1. The van der Waals surface area contributed by atoms with Crippen LogP contribution in [0.4, 0.5) is 0 Å². The zero-order valence-corrected chi connectivity index (χ0v) is 18.6. The molecule has 1 aliphatic heterocycles. The molecule has 9 nitrogen and oxygen atoms in total. The highest BCUT2D eigenvalue weighted by atomic mass is 16.5. The summed E-state index contributed by atoms with van der Waals surface area (Å²) >= 11 is 0. The van der Waals surface area contributed by atoms with Gasteiger partial charge < -0.3 is 24.2 Å². The first kappa shape index (κ1) is 22.6. The molecule has 1 fully saturated rings. The Hall–Kier alpha value is -3.10. The fraction of sp³-hybridized carbons (Fsp3) is 0.545. The zero-order valence-electron chi connectivity index (χ0n) is 18.6. The minimum absolute atomic E-state index is 0.0406. The number of hydrogen-bond donors (Lipinski definition) is 1. The number of rotatable bonds is 8. The van der Waals surface area contributed by atoms with Gasteiger partial charge in [-0.25, -0.2) is 0 Å². The number of hydrogen-bond acceptors (Lipinski definition) is 7. The molecule has 1 saturated heterocycles. The molecule has 1 aromatic heterocycles. The van der Waals surface area contributed by atoms with E-state index in [1.807, 2.05) is 11.8 Å². The predicted octanol–water partition coefficient (Wildman–Crippen LogP) is 2.83. The van der Waals surface area contributed by atoms with Gasteiger partial charge in [0, 0.05) is 25.6 Å². The maximum atomic E-state index is 12.8. The van der Waals surface area contributed by atoms with Crippen molar-refractivity contribution in [2.45, 2.75) is 52.5 Å². The van der Waals surface area contributed by atoms with Crippen LogP contribution in [-0.4, -0.2) is 53.2 Å². The fourth-order valence-electron chi connectivity index (χ4n) is 3.38. The maximum Gasteiger partial charge on any atom is 0.260 e. The van der Waals surface area contributed by atoms with E-state index in [-0.39, 0.29) is 18.4 Å². The summed E-state index contributed by atoms with van der Waals surface area (Å²) in [5, 5.41) is 6.80. The fourth-order valence-corrected chi connectivity index (χ4v) is 3.38. The van der Waals surface area contributed by atoms with Crippen LogP contribution in [0, 0.1) is 6.92 Å². The van der Waals surface area contributed by atoms with Gasteiger partial charge in [0.05, 0.1) is 12.1 Å². The molecule has 0 aliphatic carbocycles. The number of nitrogens with one attached hydrogen (secondary N) is 1. The number of amides is 2. The summed E-state index contributed by atoms with van der Waals surface area (Å²) in [6, 6.07) is 4.89. The zero-order chi connectivity index (χ0) is 22.4. The highest BCUT2D eigenvalue weighted by Gasteiger charge is 2.29. The van der Waals surface area contributed by atoms with Crippen LogP contribution >= 0.6 is 0 Å². The molecule has 0 bridgehead atoms. The lowest BCUT2D eigenvalue weighted by molar-refractivity contribution is -0.134. The van der Waals surface area contributed by atoms with Gasteiger partial charge in [-0.3, -0.25) is 9.59 Å². The summed E-state index contributed by atoms with van der Waals surface area (Å²) < 4.78 is 16.4. The van der Waals surface area contributed by atoms with E-state index < -0.39 is 5.54 Å². The van der Waals surface area contributed by atoms with Crippen molar-refractivity contribution in [1.82, 2.24) is 20.4 Å². The highest BCUT2D eigenvalue weighted by molar-refractivity contribution is 5.95. The van der Waals surface area contributed by atoms with E-state index in [4.69, 9.17) is 14.0 Å². The van der Waals surface area contributed by atoms with Gasteiger partial charge in [-0.1, -0.05) is 5.16 Å². The van der Waals surface area contributed by atoms with Gasteiger partial charge in [0.1, 0.15) is 0 Å². The quantitative estimate of drug-likeness (QED) is 0.686. The van der Waals surface area contributed by atoms with Gasteiger partial charge >= 0.3 is 0 Å². The Bertz CT molecular complexity index is 918. The van der Waals surface area contributed by atoms with Crippen LogP contribution in [0.1, 0.15) is 62.1 Å². The van der Waals surface area contributed by atoms with Gasteiger partial charge in [0.25, 0.3) is 11.8 Å². The van der Waals surface area contributed by atoms with Crippen molar-refractivity contribution in [3.8, 4) is 11.5 Å². The number of ether oxygens (including phenoxy) is 2. The number of nitrogens with zero attached hydrogens (tertiary/aromatic N) is 3. The summed E-state index contributed by atoms with van der Waals surface area (Å²) in [6.45, 7) is 9.01. The van der Waals surface area contributed by atoms with Crippen LogP contribution in [-0.2, 0) is 10.3 Å². The van der Waals surface area contributed by atoms with Gasteiger partial charge in [-0.05, 0) is 58.2 Å². The molecule has 1 aliphatic rings. The molecule has 9 heteroatoms. The molecule has 168 valence electrons. The third-order valence-electron chi connectivity index (χ3n) is 5.08. The van der Waals surface area contributed by atoms with E-state index in [1.165, 1.54) is 0 Å². The molecule has 0 saturated carbocycles. The monoisotopic (exact) mass is 430 g/mol. The van der Waals surface area contributed by atoms with Crippen molar-refractivity contribution in [2.24, 2.45) is 0 Å². The molecule has 1 aromatic carbocycles. The predicted molar refractivity (Wildman–Crippen MR) is 113 cm³/mol. The first-order chi connectivity index (χ1) is 14.8. The Morgan fingerprint density at radius 2 is 1.90 bits per heavy atom. The van der Waals surface area contributed by atoms with Crippen molar-refractivity contribution in [3.05, 3.63) is 35.5 Å². The van der Waals surface area contributed by atoms with Gasteiger partial charge in [0.15, 0.2) is 23.9 Å². The lowest BCUT2D eigenvalue weighted by Gasteiger charge is -2.26. The van der Waals surface area contributed by atoms with E-state index in [2.05, 4.69) is 15.5 Å². The summed E-state index contributed by atoms with van der Waals surface area (Å²) in [5.74, 6) is 1.30. The lowest BCUT2D eigenvalue weighted by atomic mass is 10.0. The third-order valence-corrected chi connectivity index (χ3v) is 5.08. The van der Waals surface area contributed by atoms with E-state index >= 15 is 0 Å². The average molecular weight is 431 g/mol. The van der Waals surface area contributed by atoms with Gasteiger partial charge in [-0.15, -0.1) is 0 Å². The Kier molecular flexibility index (Phi) is 7.14. The second-order valence-electron chi connectivity index (χ2n) is 8.04. The number of aromatic nitrogens is 2. The average Bonchev–Trinajstić information content (AvgIpc) is 3.20. The molecule has 31 heavy (non-hydrogen) atoms. The van der Waals surface area contributed by atoms with E-state index in [0.29, 0.717) is 35.4 Å². The Labute approximate surface area is 182 Å². The molecule has 0 atom stereocenters. The molecule has 1 N–H and O–H groups in total. The molecule has 0 unspecified atom stereocenters. The molecular weight excluding hydrogens is 400 g/mol. The summed E-state index contributed by atoms with van der Waals surface area (Å²) in [7, 11) is 0. The second kappa shape index (κ2) is 9.80. The van der Waals surface area contributed by atoms with Crippen molar-refractivity contribution in [1.29, 1.82) is 0 Å². The maximum absolute atomic E-state index is 12.8. The SMILES string of the molecule is CCOc1cc(C(=O)NC(C)(C)c2noc(C)n2)ccc1OCC(=O)N1CCCCC1. The van der Waals surface area contributed by atoms with Crippen LogP contribution in [0.2, 0.25) is 0 Å². The normalized spacial score (nSPS) is 14.3. The summed E-state index contributed by atoms with van der Waals surface area (Å²) in [6.07, 6.45) is 3.21. The van der Waals surface area contributed by atoms with E-state index in [9.17, 15) is 9.59 Å². The van der Waals surface area contributed by atoms with Gasteiger partial charge in [-0.2, -0.15) is 4.98 Å². The van der Waals surface area contributed by atoms with Crippen LogP contribution in [0.15, 0.2) is 22.7 Å². The van der Waals surface area contributed by atoms with Crippen LogP contribution in [0.5, 0.6) is 11.5 Å². The minimum Gasteiger partial charge on any atom is -0.490 e. The first-order valence-corrected chi connectivity index (χ1v) is 10.6. The minimum atomic E-state index is -0.823. The van der Waals surface area contributed by atoms with Crippen molar-refractivity contribution in [2.75, 3.05) is 26.3 Å². The first-order valence-electron chi connectivity index (χ1n) is 10.6. The smallest absolute Gasteiger partial charge is 0.260 e. The Morgan fingerprint density at radius 3 is 2.55 bits per heavy atom. The Morgan fingerprint density at radius 1 is 1.16 bits per heavy atom. The lowest BCUT2D eigenvalue weighted by Crippen LogP contribution is -2.41. The summed E-state index contributed by atoms with van der Waals surface area (Å²) in [5.41, 5.74) is -0.428. The molecule has 2 aromatic rings. The van der Waals surface area contributed by atoms with Crippen molar-refractivity contribution < 1.29 is 23.6 Å². The van der Waals surface area contributed by atoms with Crippen molar-refractivity contribution >= 4 is 11.8 Å². The Balaban J connectivity index is 1.68. The van der Waals surface area contributed by atoms with Crippen molar-refractivity contribution in [3.63, 3.8) is 0 Å². The van der Waals surface area contributed by atoms with Crippen LogP contribution in [0.3, 0.4) is 0 Å². The molecule has 3 rings (SSSR count). The number of piperidine rings is 1. The number of likely N-dealkylation sites (tertiary alicyclic amines) is 1. The van der Waals surface area contributed by atoms with Crippen LogP contribution in [0.25, 0.3) is 0 Å². The molecule has 2 heterocycles. The number of aryl methyl sites for hydroxylation is 1. The molecule has 0 radical (unpaired) electrons. The van der Waals surface area contributed by atoms with E-state index in [0.717, 1.165) is 32.4 Å². The van der Waals surface area contributed by atoms with Gasteiger partial charge in [0.2, 0.25) is 5.89 Å². The number of carbonyl (C=O) groups excluding carboxylic acids is 2. The molecule has 0 spiro atoms. The topological polar surface area (TPSA) is 107 Å². The number of carbonyl (C=O) groups is 2. The molecule has 2 amide bonds. The second-order valence-corrected chi connectivity index (χ2v) is 8.04. The molecular formula is C22H30N4O5. The standard InChI is InChI=1S/C22H30N4O5/c1-5-29-18-13-16(20(28)24-22(3,4)21-23-15(2)31-25-21)9-10-17(18)30-14-19(27)26-11-7-6-8-12-26/h9-10,13H,5-8,11-12,14H2,1-4H3,(H,24,28). The highest BCUT2D eigenvalue weighted by Crippen LogP contribution is 2.29. The van der Waals surface area contributed by atoms with E-state index in [1.54, 1.807) is 39.0 Å².